The first-order chi connectivity index (χ1) is 9.70. The smallest absolute Gasteiger partial charge is 0.0393 e. The summed E-state index contributed by atoms with van der Waals surface area (Å²) in [7, 11) is 2.25. The Hall–Kier alpha value is -1.02. The molecule has 1 aromatic rings. The number of rotatable bonds is 7. The second-order valence-electron chi connectivity index (χ2n) is 6.33. The van der Waals surface area contributed by atoms with Crippen molar-refractivity contribution in [3.63, 3.8) is 0 Å². The van der Waals surface area contributed by atoms with Gasteiger partial charge < -0.3 is 10.2 Å². The van der Waals surface area contributed by atoms with Crippen molar-refractivity contribution in [1.82, 2.24) is 5.32 Å². The predicted molar refractivity (Wildman–Crippen MR) is 88.4 cm³/mol. The van der Waals surface area contributed by atoms with Crippen molar-refractivity contribution in [2.24, 2.45) is 5.92 Å². The summed E-state index contributed by atoms with van der Waals surface area (Å²) >= 11 is 0. The van der Waals surface area contributed by atoms with Gasteiger partial charge in [0.05, 0.1) is 0 Å². The van der Waals surface area contributed by atoms with Crippen LogP contribution in [0.15, 0.2) is 18.2 Å². The Kier molecular flexibility index (Phi) is 5.90. The number of hydrogen-bond donors (Lipinski definition) is 1. The van der Waals surface area contributed by atoms with Gasteiger partial charge in [-0.25, -0.2) is 0 Å². The van der Waals surface area contributed by atoms with E-state index in [1.807, 2.05) is 0 Å². The minimum Gasteiger partial charge on any atom is -0.374 e. The number of anilines is 1. The van der Waals surface area contributed by atoms with E-state index in [0.29, 0.717) is 0 Å². The van der Waals surface area contributed by atoms with Crippen molar-refractivity contribution in [2.75, 3.05) is 25.0 Å². The highest BCUT2D eigenvalue weighted by atomic mass is 15.1. The largest absolute Gasteiger partial charge is 0.374 e. The fourth-order valence-corrected chi connectivity index (χ4v) is 3.34. The van der Waals surface area contributed by atoms with Crippen LogP contribution in [0.5, 0.6) is 0 Å². The fraction of sp³-hybridized carbons (Fsp3) is 0.667. The third kappa shape index (κ3) is 4.24. The summed E-state index contributed by atoms with van der Waals surface area (Å²) in [5.74, 6) is 0.908. The highest BCUT2D eigenvalue weighted by Crippen LogP contribution is 2.28. The third-order valence-electron chi connectivity index (χ3n) is 4.44. The third-order valence-corrected chi connectivity index (χ3v) is 4.44. The maximum absolute atomic E-state index is 3.47. The normalized spacial score (nSPS) is 15.8. The summed E-state index contributed by atoms with van der Waals surface area (Å²) in [6, 6.07) is 6.91. The molecular weight excluding hydrogens is 244 g/mol. The maximum atomic E-state index is 3.47. The molecule has 1 saturated carbocycles. The summed E-state index contributed by atoms with van der Waals surface area (Å²) in [6.45, 7) is 7.75. The minimum atomic E-state index is 0.908. The highest BCUT2D eigenvalue weighted by Gasteiger charge is 2.17. The molecule has 1 aliphatic rings. The molecule has 1 aliphatic carbocycles. The number of hydrogen-bond acceptors (Lipinski definition) is 2. The second kappa shape index (κ2) is 7.68. The quantitative estimate of drug-likeness (QED) is 0.752. The van der Waals surface area contributed by atoms with Gasteiger partial charge in [-0.05, 0) is 55.8 Å². The van der Waals surface area contributed by atoms with Crippen LogP contribution >= 0.6 is 0 Å². The molecule has 112 valence electrons. The zero-order chi connectivity index (χ0) is 14.4. The lowest BCUT2D eigenvalue weighted by atomic mass is 10.1. The van der Waals surface area contributed by atoms with E-state index in [9.17, 15) is 0 Å². The molecule has 20 heavy (non-hydrogen) atoms. The van der Waals surface area contributed by atoms with E-state index >= 15 is 0 Å². The van der Waals surface area contributed by atoms with Crippen LogP contribution in [0, 0.1) is 12.8 Å². The Morgan fingerprint density at radius 2 is 2.00 bits per heavy atom. The summed E-state index contributed by atoms with van der Waals surface area (Å²) in [4.78, 5) is 2.45. The van der Waals surface area contributed by atoms with Gasteiger partial charge in [0.1, 0.15) is 0 Å². The molecule has 1 fully saturated rings. The van der Waals surface area contributed by atoms with Crippen molar-refractivity contribution in [3.05, 3.63) is 29.3 Å². The van der Waals surface area contributed by atoms with Crippen molar-refractivity contribution in [3.8, 4) is 0 Å². The van der Waals surface area contributed by atoms with Crippen molar-refractivity contribution in [2.45, 2.75) is 52.5 Å². The van der Waals surface area contributed by atoms with Gasteiger partial charge in [0.2, 0.25) is 0 Å². The molecule has 0 amide bonds. The van der Waals surface area contributed by atoms with Gasteiger partial charge in [0.15, 0.2) is 0 Å². The molecule has 0 aromatic heterocycles. The molecule has 0 spiro atoms. The van der Waals surface area contributed by atoms with Crippen LogP contribution in [0.3, 0.4) is 0 Å². The summed E-state index contributed by atoms with van der Waals surface area (Å²) < 4.78 is 0. The molecule has 0 heterocycles. The second-order valence-corrected chi connectivity index (χ2v) is 6.33. The topological polar surface area (TPSA) is 15.3 Å². The first-order valence-corrected chi connectivity index (χ1v) is 8.22. The van der Waals surface area contributed by atoms with Crippen molar-refractivity contribution in [1.29, 1.82) is 0 Å². The van der Waals surface area contributed by atoms with Crippen LogP contribution in [0.2, 0.25) is 0 Å². The van der Waals surface area contributed by atoms with Gasteiger partial charge in [0.25, 0.3) is 0 Å². The first-order valence-electron chi connectivity index (χ1n) is 8.22. The lowest BCUT2D eigenvalue weighted by molar-refractivity contribution is 0.546. The fourth-order valence-electron chi connectivity index (χ4n) is 3.34. The van der Waals surface area contributed by atoms with Gasteiger partial charge in [0, 0.05) is 25.8 Å². The van der Waals surface area contributed by atoms with Gasteiger partial charge in [-0.15, -0.1) is 0 Å². The Morgan fingerprint density at radius 3 is 2.65 bits per heavy atom. The van der Waals surface area contributed by atoms with Crippen LogP contribution in [-0.2, 0) is 6.54 Å². The first kappa shape index (κ1) is 15.4. The summed E-state index contributed by atoms with van der Waals surface area (Å²) in [6.07, 6.45) is 6.89. The van der Waals surface area contributed by atoms with E-state index in [1.165, 1.54) is 55.5 Å². The molecule has 0 unspecified atom stereocenters. The van der Waals surface area contributed by atoms with Gasteiger partial charge in [-0.1, -0.05) is 31.9 Å². The molecule has 2 nitrogen and oxygen atoms in total. The van der Waals surface area contributed by atoms with E-state index in [0.717, 1.165) is 19.0 Å². The monoisotopic (exact) mass is 274 g/mol. The lowest BCUT2D eigenvalue weighted by Crippen LogP contribution is -2.24. The Balaban J connectivity index is 1.93. The molecule has 2 heteroatoms. The molecule has 0 aliphatic heterocycles. The number of nitrogens with one attached hydrogen (secondary N) is 1. The predicted octanol–water partition coefficient (Wildman–Crippen LogP) is 4.12. The summed E-state index contributed by atoms with van der Waals surface area (Å²) in [5.41, 5.74) is 4.20. The minimum absolute atomic E-state index is 0.908. The Bertz CT molecular complexity index is 408. The van der Waals surface area contributed by atoms with Crippen LogP contribution < -0.4 is 10.2 Å². The van der Waals surface area contributed by atoms with E-state index in [-0.39, 0.29) is 0 Å². The number of aryl methyl sites for hydroxylation is 1. The average molecular weight is 274 g/mol. The van der Waals surface area contributed by atoms with Crippen LogP contribution in [0.1, 0.15) is 50.2 Å². The molecular formula is C18H30N2. The number of benzene rings is 1. The highest BCUT2D eigenvalue weighted by molar-refractivity contribution is 5.54. The lowest BCUT2D eigenvalue weighted by Gasteiger charge is -2.25. The molecule has 0 saturated heterocycles. The van der Waals surface area contributed by atoms with Gasteiger partial charge in [-0.3, -0.25) is 0 Å². The standard InChI is InChI=1S/C18H30N2/c1-4-11-19-13-17-9-10-18(15(2)12-17)20(3)14-16-7-5-6-8-16/h9-10,12,16,19H,4-8,11,13-14H2,1-3H3. The molecule has 0 radical (unpaired) electrons. The molecule has 2 rings (SSSR count). The van der Waals surface area contributed by atoms with Crippen LogP contribution in [0.25, 0.3) is 0 Å². The SMILES string of the molecule is CCCNCc1ccc(N(C)CC2CCCC2)c(C)c1. The van der Waals surface area contributed by atoms with Gasteiger partial charge in [-0.2, -0.15) is 0 Å². The molecule has 0 atom stereocenters. The van der Waals surface area contributed by atoms with E-state index in [4.69, 9.17) is 0 Å². The van der Waals surface area contributed by atoms with Crippen molar-refractivity contribution < 1.29 is 0 Å². The summed E-state index contributed by atoms with van der Waals surface area (Å²) in [5, 5.41) is 3.47. The average Bonchev–Trinajstić information content (AvgIpc) is 2.92. The Labute approximate surface area is 124 Å². The van der Waals surface area contributed by atoms with E-state index in [2.05, 4.69) is 49.3 Å². The molecule has 0 bridgehead atoms. The molecule has 1 aromatic carbocycles. The van der Waals surface area contributed by atoms with E-state index < -0.39 is 0 Å². The molecule has 1 N–H and O–H groups in total. The van der Waals surface area contributed by atoms with E-state index in [1.54, 1.807) is 0 Å². The van der Waals surface area contributed by atoms with Crippen LogP contribution in [-0.4, -0.2) is 20.1 Å². The number of nitrogens with zero attached hydrogens (tertiary/aromatic N) is 1. The van der Waals surface area contributed by atoms with Crippen LogP contribution in [0.4, 0.5) is 5.69 Å². The van der Waals surface area contributed by atoms with Gasteiger partial charge >= 0.3 is 0 Å². The zero-order valence-corrected chi connectivity index (χ0v) is 13.4. The maximum Gasteiger partial charge on any atom is 0.0393 e. The Morgan fingerprint density at radius 1 is 1.25 bits per heavy atom. The zero-order valence-electron chi connectivity index (χ0n) is 13.4. The van der Waals surface area contributed by atoms with Crippen molar-refractivity contribution >= 4 is 5.69 Å².